The smallest absolute Gasteiger partial charge is 0.243 e. The second-order valence-electron chi connectivity index (χ2n) is 6.14. The molecule has 26 heavy (non-hydrogen) atoms. The van der Waals surface area contributed by atoms with Crippen molar-refractivity contribution >= 4 is 19.9 Å². The van der Waals surface area contributed by atoms with Crippen molar-refractivity contribution in [2.24, 2.45) is 0 Å². The van der Waals surface area contributed by atoms with Crippen LogP contribution in [0, 0.1) is 0 Å². The highest BCUT2D eigenvalue weighted by Gasteiger charge is 2.35. The summed E-state index contributed by atoms with van der Waals surface area (Å²) in [5, 5.41) is -0.585. The minimum Gasteiger partial charge on any atom is -0.497 e. The Hall–Kier alpha value is -1.90. The Morgan fingerprint density at radius 1 is 0.846 bits per heavy atom. The molecule has 6 nitrogen and oxygen atoms in total. The first-order valence-electron chi connectivity index (χ1n) is 8.29. The van der Waals surface area contributed by atoms with Crippen LogP contribution in [0.25, 0.3) is 0 Å². The molecule has 0 atom stereocenters. The zero-order chi connectivity index (χ0) is 18.8. The summed E-state index contributed by atoms with van der Waals surface area (Å²) >= 11 is 0. The van der Waals surface area contributed by atoms with Gasteiger partial charge in [0.2, 0.25) is 10.0 Å². The van der Waals surface area contributed by atoms with Crippen molar-refractivity contribution in [1.29, 1.82) is 0 Å². The van der Waals surface area contributed by atoms with E-state index in [9.17, 15) is 16.8 Å². The Morgan fingerprint density at radius 2 is 1.42 bits per heavy atom. The van der Waals surface area contributed by atoms with Gasteiger partial charge in [0.15, 0.2) is 9.84 Å². The summed E-state index contributed by atoms with van der Waals surface area (Å²) in [6.07, 6.45) is 0.556. The average molecular weight is 396 g/mol. The summed E-state index contributed by atoms with van der Waals surface area (Å²) in [5.74, 6) is 0.590. The number of benzene rings is 2. The molecule has 0 radical (unpaired) electrons. The van der Waals surface area contributed by atoms with Crippen LogP contribution in [0.2, 0.25) is 0 Å². The van der Waals surface area contributed by atoms with Gasteiger partial charge in [0.1, 0.15) is 5.75 Å². The predicted octanol–water partition coefficient (Wildman–Crippen LogP) is 2.32. The molecule has 0 N–H and O–H groups in total. The zero-order valence-corrected chi connectivity index (χ0v) is 16.0. The molecular weight excluding hydrogens is 374 g/mol. The van der Waals surface area contributed by atoms with Crippen LogP contribution in [0.5, 0.6) is 5.75 Å². The van der Waals surface area contributed by atoms with Crippen molar-refractivity contribution in [3.63, 3.8) is 0 Å². The molecule has 8 heteroatoms. The van der Waals surface area contributed by atoms with Crippen molar-refractivity contribution < 1.29 is 21.6 Å². The maximum atomic E-state index is 12.8. The fourth-order valence-electron chi connectivity index (χ4n) is 3.08. The summed E-state index contributed by atoms with van der Waals surface area (Å²) in [4.78, 5) is 0.471. The Balaban J connectivity index is 1.73. The second-order valence-corrected chi connectivity index (χ2v) is 10.3. The van der Waals surface area contributed by atoms with Crippen molar-refractivity contribution in [3.8, 4) is 5.75 Å². The van der Waals surface area contributed by atoms with Gasteiger partial charge in [0.05, 0.1) is 22.2 Å². The summed E-state index contributed by atoms with van der Waals surface area (Å²) in [7, 11) is -5.56. The van der Waals surface area contributed by atoms with Gasteiger partial charge in [-0.2, -0.15) is 4.31 Å². The van der Waals surface area contributed by atoms with E-state index in [2.05, 4.69) is 0 Å². The van der Waals surface area contributed by atoms with Crippen LogP contribution >= 0.6 is 0 Å². The highest BCUT2D eigenvalue weighted by molar-refractivity contribution is 7.92. The van der Waals surface area contributed by atoms with E-state index in [1.807, 2.05) is 0 Å². The lowest BCUT2D eigenvalue weighted by Crippen LogP contribution is -2.42. The summed E-state index contributed by atoms with van der Waals surface area (Å²) in [5.41, 5.74) is 0. The van der Waals surface area contributed by atoms with Crippen molar-refractivity contribution in [2.45, 2.75) is 27.9 Å². The van der Waals surface area contributed by atoms with Gasteiger partial charge in [0.25, 0.3) is 0 Å². The molecule has 2 aromatic carbocycles. The van der Waals surface area contributed by atoms with E-state index in [0.29, 0.717) is 5.75 Å². The number of piperidine rings is 1. The minimum absolute atomic E-state index is 0.192. The van der Waals surface area contributed by atoms with E-state index in [-0.39, 0.29) is 35.7 Å². The van der Waals surface area contributed by atoms with Crippen molar-refractivity contribution in [3.05, 3.63) is 54.6 Å². The predicted molar refractivity (Wildman–Crippen MR) is 98.4 cm³/mol. The van der Waals surface area contributed by atoms with Crippen LogP contribution in [-0.2, 0) is 19.9 Å². The van der Waals surface area contributed by atoms with E-state index >= 15 is 0 Å². The average Bonchev–Trinajstić information content (AvgIpc) is 2.69. The van der Waals surface area contributed by atoms with Crippen LogP contribution in [0.4, 0.5) is 0 Å². The third-order valence-electron chi connectivity index (χ3n) is 4.61. The first-order valence-corrected chi connectivity index (χ1v) is 11.3. The summed E-state index contributed by atoms with van der Waals surface area (Å²) in [6.45, 7) is 0.383. The molecule has 1 heterocycles. The lowest BCUT2D eigenvalue weighted by molar-refractivity contribution is 0.345. The number of hydrogen-bond donors (Lipinski definition) is 0. The number of methoxy groups -OCH3 is 1. The Labute approximate surface area is 154 Å². The lowest BCUT2D eigenvalue weighted by atomic mass is 10.2. The molecule has 0 bridgehead atoms. The molecule has 140 valence electrons. The summed E-state index contributed by atoms with van der Waals surface area (Å²) < 4.78 is 57.3. The lowest BCUT2D eigenvalue weighted by Gasteiger charge is -2.31. The number of rotatable bonds is 5. The van der Waals surface area contributed by atoms with Crippen LogP contribution < -0.4 is 4.74 Å². The molecule has 1 fully saturated rings. The van der Waals surface area contributed by atoms with Gasteiger partial charge >= 0.3 is 0 Å². The molecule has 1 aliphatic rings. The van der Waals surface area contributed by atoms with Crippen LogP contribution in [-0.4, -0.2) is 46.6 Å². The monoisotopic (exact) mass is 395 g/mol. The minimum atomic E-state index is -3.58. The van der Waals surface area contributed by atoms with E-state index < -0.39 is 25.1 Å². The van der Waals surface area contributed by atoms with Gasteiger partial charge in [-0.25, -0.2) is 16.8 Å². The van der Waals surface area contributed by atoms with E-state index in [1.165, 1.54) is 23.5 Å². The third-order valence-corrected chi connectivity index (χ3v) is 8.80. The molecule has 0 spiro atoms. The van der Waals surface area contributed by atoms with E-state index in [0.717, 1.165) is 0 Å². The molecule has 0 amide bonds. The van der Waals surface area contributed by atoms with Gasteiger partial charge < -0.3 is 4.74 Å². The molecule has 0 saturated carbocycles. The number of nitrogens with zero attached hydrogens (tertiary/aromatic N) is 1. The number of ether oxygens (including phenoxy) is 1. The first-order chi connectivity index (χ1) is 12.4. The fraction of sp³-hybridized carbons (Fsp3) is 0.333. The van der Waals surface area contributed by atoms with Gasteiger partial charge in [0, 0.05) is 13.1 Å². The SMILES string of the molecule is COc1ccc(S(=O)(=O)C2CCN(S(=O)(=O)c3ccccc3)CC2)cc1. The highest BCUT2D eigenvalue weighted by Crippen LogP contribution is 2.28. The molecule has 2 aromatic rings. The Bertz CT molecular complexity index is 946. The second kappa shape index (κ2) is 7.38. The molecule has 1 aliphatic heterocycles. The summed E-state index contributed by atoms with van der Waals surface area (Å²) in [6, 6.07) is 14.5. The third kappa shape index (κ3) is 3.62. The maximum Gasteiger partial charge on any atom is 0.243 e. The van der Waals surface area contributed by atoms with E-state index in [4.69, 9.17) is 4.74 Å². The van der Waals surface area contributed by atoms with Crippen LogP contribution in [0.15, 0.2) is 64.4 Å². The molecule has 0 aromatic heterocycles. The molecule has 3 rings (SSSR count). The normalized spacial score (nSPS) is 17.1. The quantitative estimate of drug-likeness (QED) is 0.776. The standard InChI is InChI=1S/C18H21NO5S2/c1-24-15-7-9-16(10-8-15)25(20,21)17-11-13-19(14-12-17)26(22,23)18-5-3-2-4-6-18/h2-10,17H,11-14H2,1H3. The Morgan fingerprint density at radius 3 is 1.96 bits per heavy atom. The van der Waals surface area contributed by atoms with Gasteiger partial charge in [-0.1, -0.05) is 18.2 Å². The molecule has 0 aliphatic carbocycles. The van der Waals surface area contributed by atoms with Gasteiger partial charge in [-0.15, -0.1) is 0 Å². The highest BCUT2D eigenvalue weighted by atomic mass is 32.2. The number of sulfonamides is 1. The number of sulfone groups is 1. The Kier molecular flexibility index (Phi) is 5.36. The molecule has 0 unspecified atom stereocenters. The van der Waals surface area contributed by atoms with Gasteiger partial charge in [-0.3, -0.25) is 0 Å². The molecule has 1 saturated heterocycles. The first kappa shape index (κ1) is 18.9. The largest absolute Gasteiger partial charge is 0.497 e. The van der Waals surface area contributed by atoms with Crippen molar-refractivity contribution in [1.82, 2.24) is 4.31 Å². The van der Waals surface area contributed by atoms with Crippen molar-refractivity contribution in [2.75, 3.05) is 20.2 Å². The topological polar surface area (TPSA) is 80.8 Å². The van der Waals surface area contributed by atoms with E-state index in [1.54, 1.807) is 42.5 Å². The zero-order valence-electron chi connectivity index (χ0n) is 14.4. The van der Waals surface area contributed by atoms with Gasteiger partial charge in [-0.05, 0) is 49.2 Å². The number of hydrogen-bond acceptors (Lipinski definition) is 5. The molecular formula is C18H21NO5S2. The van der Waals surface area contributed by atoms with Crippen LogP contribution in [0.3, 0.4) is 0 Å². The fourth-order valence-corrected chi connectivity index (χ4v) is 6.30. The maximum absolute atomic E-state index is 12.8. The van der Waals surface area contributed by atoms with Crippen LogP contribution in [0.1, 0.15) is 12.8 Å².